The molecular weight excluding hydrogens is 248 g/mol. The summed E-state index contributed by atoms with van der Waals surface area (Å²) in [4.78, 5) is 3.95. The highest BCUT2D eigenvalue weighted by atomic mass is 15.3. The van der Waals surface area contributed by atoms with Gasteiger partial charge in [-0.15, -0.1) is 0 Å². The lowest BCUT2D eigenvalue weighted by molar-refractivity contribution is 0.450. The van der Waals surface area contributed by atoms with E-state index >= 15 is 0 Å². The van der Waals surface area contributed by atoms with Gasteiger partial charge in [0.2, 0.25) is 0 Å². The summed E-state index contributed by atoms with van der Waals surface area (Å²) in [5, 5.41) is 7.62. The fourth-order valence-corrected chi connectivity index (χ4v) is 2.09. The van der Waals surface area contributed by atoms with Crippen LogP contribution in [0, 0.1) is 0 Å². The van der Waals surface area contributed by atoms with Crippen molar-refractivity contribution in [2.45, 2.75) is 52.2 Å². The highest BCUT2D eigenvalue weighted by Crippen LogP contribution is 2.22. The van der Waals surface area contributed by atoms with Gasteiger partial charge in [-0.1, -0.05) is 45.0 Å². The van der Waals surface area contributed by atoms with Gasteiger partial charge in [-0.3, -0.25) is 4.68 Å². The SMILES string of the molecule is CC(Cn1cncn1)NCc1ccc(C(C)(C)C)cc1. The lowest BCUT2D eigenvalue weighted by atomic mass is 9.87. The molecule has 0 aliphatic rings. The molecule has 0 amide bonds. The largest absolute Gasteiger partial charge is 0.308 e. The van der Waals surface area contributed by atoms with Crippen LogP contribution in [0.2, 0.25) is 0 Å². The number of hydrogen-bond donors (Lipinski definition) is 1. The average molecular weight is 272 g/mol. The zero-order chi connectivity index (χ0) is 14.6. The van der Waals surface area contributed by atoms with E-state index in [1.807, 2.05) is 4.68 Å². The summed E-state index contributed by atoms with van der Waals surface area (Å²) in [7, 11) is 0. The van der Waals surface area contributed by atoms with Gasteiger partial charge in [0.1, 0.15) is 12.7 Å². The molecule has 0 aliphatic heterocycles. The Morgan fingerprint density at radius 2 is 1.90 bits per heavy atom. The molecule has 2 rings (SSSR count). The van der Waals surface area contributed by atoms with E-state index in [1.54, 1.807) is 12.7 Å². The van der Waals surface area contributed by atoms with Crippen molar-refractivity contribution in [1.29, 1.82) is 0 Å². The maximum Gasteiger partial charge on any atom is 0.137 e. The van der Waals surface area contributed by atoms with E-state index in [4.69, 9.17) is 0 Å². The molecule has 1 heterocycles. The molecule has 1 atom stereocenters. The summed E-state index contributed by atoms with van der Waals surface area (Å²) in [6, 6.07) is 9.21. The normalized spacial score (nSPS) is 13.4. The maximum atomic E-state index is 4.12. The van der Waals surface area contributed by atoms with Crippen LogP contribution in [-0.2, 0) is 18.5 Å². The summed E-state index contributed by atoms with van der Waals surface area (Å²) >= 11 is 0. The topological polar surface area (TPSA) is 42.7 Å². The number of aromatic nitrogens is 3. The fourth-order valence-electron chi connectivity index (χ4n) is 2.09. The third kappa shape index (κ3) is 4.17. The Hall–Kier alpha value is -1.68. The molecule has 1 unspecified atom stereocenters. The molecule has 2 aromatic rings. The van der Waals surface area contributed by atoms with Crippen molar-refractivity contribution in [3.63, 3.8) is 0 Å². The number of rotatable bonds is 5. The van der Waals surface area contributed by atoms with Crippen molar-refractivity contribution >= 4 is 0 Å². The lowest BCUT2D eigenvalue weighted by Crippen LogP contribution is -2.30. The van der Waals surface area contributed by atoms with Gasteiger partial charge in [0.25, 0.3) is 0 Å². The summed E-state index contributed by atoms with van der Waals surface area (Å²) in [5.41, 5.74) is 2.90. The second kappa shape index (κ2) is 6.18. The Balaban J connectivity index is 1.84. The van der Waals surface area contributed by atoms with E-state index in [-0.39, 0.29) is 5.41 Å². The zero-order valence-corrected chi connectivity index (χ0v) is 12.8. The molecule has 1 aromatic carbocycles. The highest BCUT2D eigenvalue weighted by Gasteiger charge is 2.12. The van der Waals surface area contributed by atoms with Crippen molar-refractivity contribution in [1.82, 2.24) is 20.1 Å². The third-order valence-electron chi connectivity index (χ3n) is 3.40. The second-order valence-corrected chi connectivity index (χ2v) is 6.35. The van der Waals surface area contributed by atoms with Crippen LogP contribution in [0.4, 0.5) is 0 Å². The van der Waals surface area contributed by atoms with Crippen LogP contribution >= 0.6 is 0 Å². The Morgan fingerprint density at radius 3 is 2.45 bits per heavy atom. The van der Waals surface area contributed by atoms with E-state index < -0.39 is 0 Å². The molecule has 0 fully saturated rings. The van der Waals surface area contributed by atoms with Crippen LogP contribution in [0.25, 0.3) is 0 Å². The van der Waals surface area contributed by atoms with E-state index in [9.17, 15) is 0 Å². The van der Waals surface area contributed by atoms with E-state index in [0.717, 1.165) is 13.1 Å². The van der Waals surface area contributed by atoms with E-state index in [0.29, 0.717) is 6.04 Å². The van der Waals surface area contributed by atoms with Crippen LogP contribution in [0.1, 0.15) is 38.8 Å². The van der Waals surface area contributed by atoms with Gasteiger partial charge in [-0.2, -0.15) is 5.10 Å². The Bertz CT molecular complexity index is 508. The molecule has 0 radical (unpaired) electrons. The van der Waals surface area contributed by atoms with Gasteiger partial charge >= 0.3 is 0 Å². The first kappa shape index (κ1) is 14.7. The molecule has 0 saturated heterocycles. The first-order valence-electron chi connectivity index (χ1n) is 7.10. The van der Waals surface area contributed by atoms with Crippen molar-refractivity contribution in [3.05, 3.63) is 48.0 Å². The minimum Gasteiger partial charge on any atom is -0.308 e. The summed E-state index contributed by atoms with van der Waals surface area (Å²) in [6.07, 6.45) is 3.31. The van der Waals surface area contributed by atoms with Crippen molar-refractivity contribution in [2.24, 2.45) is 0 Å². The summed E-state index contributed by atoms with van der Waals surface area (Å²) in [6.45, 7) is 10.6. The van der Waals surface area contributed by atoms with E-state index in [2.05, 4.69) is 67.4 Å². The van der Waals surface area contributed by atoms with Crippen LogP contribution in [0.5, 0.6) is 0 Å². The predicted octanol–water partition coefficient (Wildman–Crippen LogP) is 2.75. The Kier molecular flexibility index (Phi) is 4.55. The molecule has 20 heavy (non-hydrogen) atoms. The minimum absolute atomic E-state index is 0.215. The molecule has 1 aromatic heterocycles. The van der Waals surface area contributed by atoms with Gasteiger partial charge in [-0.25, -0.2) is 4.98 Å². The molecule has 4 nitrogen and oxygen atoms in total. The molecule has 0 spiro atoms. The molecule has 1 N–H and O–H groups in total. The average Bonchev–Trinajstić information content (AvgIpc) is 2.88. The molecule has 4 heteroatoms. The number of hydrogen-bond acceptors (Lipinski definition) is 3. The summed E-state index contributed by atoms with van der Waals surface area (Å²) in [5.74, 6) is 0. The number of nitrogens with one attached hydrogen (secondary N) is 1. The van der Waals surface area contributed by atoms with E-state index in [1.165, 1.54) is 11.1 Å². The first-order chi connectivity index (χ1) is 9.45. The number of benzene rings is 1. The standard InChI is InChI=1S/C16H24N4/c1-13(10-20-12-17-11-19-20)18-9-14-5-7-15(8-6-14)16(2,3)4/h5-8,11-13,18H,9-10H2,1-4H3. The predicted molar refractivity (Wildman–Crippen MR) is 81.5 cm³/mol. The molecule has 108 valence electrons. The highest BCUT2D eigenvalue weighted by molar-refractivity contribution is 5.27. The van der Waals surface area contributed by atoms with Crippen molar-refractivity contribution in [3.8, 4) is 0 Å². The van der Waals surface area contributed by atoms with Crippen LogP contribution in [0.15, 0.2) is 36.9 Å². The maximum absolute atomic E-state index is 4.12. The Morgan fingerprint density at radius 1 is 1.20 bits per heavy atom. The third-order valence-corrected chi connectivity index (χ3v) is 3.40. The smallest absolute Gasteiger partial charge is 0.137 e. The molecule has 0 saturated carbocycles. The monoisotopic (exact) mass is 272 g/mol. The summed E-state index contributed by atoms with van der Waals surface area (Å²) < 4.78 is 1.85. The lowest BCUT2D eigenvalue weighted by Gasteiger charge is -2.19. The zero-order valence-electron chi connectivity index (χ0n) is 12.8. The van der Waals surface area contributed by atoms with Gasteiger partial charge < -0.3 is 5.32 Å². The molecular formula is C16H24N4. The minimum atomic E-state index is 0.215. The van der Waals surface area contributed by atoms with Gasteiger partial charge in [0.05, 0.1) is 6.54 Å². The van der Waals surface area contributed by atoms with Crippen LogP contribution in [0.3, 0.4) is 0 Å². The number of nitrogens with zero attached hydrogens (tertiary/aromatic N) is 3. The molecule has 0 bridgehead atoms. The quantitative estimate of drug-likeness (QED) is 0.910. The fraction of sp³-hybridized carbons (Fsp3) is 0.500. The Labute approximate surface area is 121 Å². The van der Waals surface area contributed by atoms with Gasteiger partial charge in [0.15, 0.2) is 0 Å². The van der Waals surface area contributed by atoms with Gasteiger partial charge in [0, 0.05) is 12.6 Å². The van der Waals surface area contributed by atoms with Crippen LogP contribution < -0.4 is 5.32 Å². The molecule has 0 aliphatic carbocycles. The second-order valence-electron chi connectivity index (χ2n) is 6.35. The van der Waals surface area contributed by atoms with Crippen molar-refractivity contribution < 1.29 is 0 Å². The first-order valence-corrected chi connectivity index (χ1v) is 7.10. The van der Waals surface area contributed by atoms with Crippen LogP contribution in [-0.4, -0.2) is 20.8 Å². The van der Waals surface area contributed by atoms with Gasteiger partial charge in [-0.05, 0) is 23.5 Å². The van der Waals surface area contributed by atoms with Crippen molar-refractivity contribution in [2.75, 3.05) is 0 Å².